The smallest absolute Gasteiger partial charge is 0.114 e. The number of hydrogen-bond acceptors (Lipinski definition) is 3. The predicted molar refractivity (Wildman–Crippen MR) is 41.3 cm³/mol. The van der Waals surface area contributed by atoms with Crippen molar-refractivity contribution >= 4 is 34.4 Å². The van der Waals surface area contributed by atoms with Crippen molar-refractivity contribution in [2.24, 2.45) is 0 Å². The zero-order chi connectivity index (χ0) is 6.97. The zero-order valence-electron chi connectivity index (χ0n) is 4.84. The van der Waals surface area contributed by atoms with Crippen molar-refractivity contribution in [2.75, 3.05) is 0 Å². The highest BCUT2D eigenvalue weighted by Gasteiger charge is 1.97. The maximum absolute atomic E-state index is 5.66. The van der Waals surface area contributed by atoms with Crippen LogP contribution in [0.3, 0.4) is 0 Å². The molecule has 0 aliphatic carbocycles. The molecule has 2 rings (SSSR count). The molecule has 2 aromatic rings. The average Bonchev–Trinajstić information content (AvgIpc) is 2.33. The van der Waals surface area contributed by atoms with Crippen LogP contribution in [0.4, 0.5) is 0 Å². The number of hydrogen-bond donors (Lipinski definition) is 0. The van der Waals surface area contributed by atoms with Gasteiger partial charge < -0.3 is 0 Å². The second-order valence-electron chi connectivity index (χ2n) is 1.80. The van der Waals surface area contributed by atoms with Crippen LogP contribution in [-0.4, -0.2) is 8.75 Å². The molecule has 0 aliphatic heterocycles. The van der Waals surface area contributed by atoms with Gasteiger partial charge in [-0.1, -0.05) is 11.6 Å². The second kappa shape index (κ2) is 2.18. The molecule has 49 valence electrons. The molecule has 0 atom stereocenters. The van der Waals surface area contributed by atoms with Crippen LogP contribution in [-0.2, 0) is 0 Å². The van der Waals surface area contributed by atoms with Gasteiger partial charge in [0.25, 0.3) is 0 Å². The molecule has 0 bridgehead atoms. The summed E-state index contributed by atoms with van der Waals surface area (Å²) in [6.07, 6.45) is 0. The fraction of sp³-hybridized carbons (Fsp3) is 0. The van der Waals surface area contributed by atoms with Gasteiger partial charge in [-0.3, -0.25) is 0 Å². The molecular formula is C6H2ClN2S. The Bertz CT molecular complexity index is 357. The Hall–Kier alpha value is -0.670. The van der Waals surface area contributed by atoms with Crippen LogP contribution in [0.2, 0.25) is 5.02 Å². The molecule has 0 unspecified atom stereocenters. The minimum absolute atomic E-state index is 0.584. The molecule has 1 aromatic carbocycles. The van der Waals surface area contributed by atoms with E-state index < -0.39 is 0 Å². The van der Waals surface area contributed by atoms with Gasteiger partial charge in [0.05, 0.1) is 16.8 Å². The van der Waals surface area contributed by atoms with Gasteiger partial charge in [-0.15, -0.1) is 0 Å². The van der Waals surface area contributed by atoms with E-state index in [1.807, 2.05) is 6.07 Å². The van der Waals surface area contributed by atoms with Crippen molar-refractivity contribution in [3.8, 4) is 0 Å². The Morgan fingerprint density at radius 3 is 3.20 bits per heavy atom. The minimum Gasteiger partial charge on any atom is -0.173 e. The van der Waals surface area contributed by atoms with Gasteiger partial charge in [0.15, 0.2) is 0 Å². The van der Waals surface area contributed by atoms with E-state index in [4.69, 9.17) is 11.6 Å². The van der Waals surface area contributed by atoms with Gasteiger partial charge in [0.1, 0.15) is 11.0 Å². The molecule has 1 radical (unpaired) electrons. The number of benzene rings is 1. The molecule has 1 heterocycles. The molecular weight excluding hydrogens is 168 g/mol. The maximum atomic E-state index is 5.66. The quantitative estimate of drug-likeness (QED) is 0.604. The Labute approximate surface area is 66.8 Å². The topological polar surface area (TPSA) is 25.8 Å². The molecule has 0 spiro atoms. The minimum atomic E-state index is 0.584. The lowest BCUT2D eigenvalue weighted by atomic mass is 10.3. The van der Waals surface area contributed by atoms with Crippen LogP contribution >= 0.6 is 23.3 Å². The lowest BCUT2D eigenvalue weighted by molar-refractivity contribution is 1.63. The number of nitrogens with zero attached hydrogens (tertiary/aromatic N) is 2. The molecule has 0 saturated carbocycles. The van der Waals surface area contributed by atoms with Gasteiger partial charge in [-0.2, -0.15) is 8.75 Å². The van der Waals surface area contributed by atoms with Gasteiger partial charge in [0.2, 0.25) is 0 Å². The molecule has 0 N–H and O–H groups in total. The van der Waals surface area contributed by atoms with E-state index in [-0.39, 0.29) is 0 Å². The Morgan fingerprint density at radius 2 is 2.30 bits per heavy atom. The Balaban J connectivity index is 2.86. The van der Waals surface area contributed by atoms with Crippen molar-refractivity contribution in [1.29, 1.82) is 0 Å². The number of aromatic nitrogens is 2. The van der Waals surface area contributed by atoms with Crippen LogP contribution in [0.15, 0.2) is 12.1 Å². The SMILES string of the molecule is Clc1[c]c2nsnc2cc1. The highest BCUT2D eigenvalue weighted by atomic mass is 35.5. The van der Waals surface area contributed by atoms with Crippen molar-refractivity contribution < 1.29 is 0 Å². The monoisotopic (exact) mass is 169 g/mol. The van der Waals surface area contributed by atoms with Gasteiger partial charge in [-0.25, -0.2) is 0 Å². The fourth-order valence-corrected chi connectivity index (χ4v) is 1.35. The van der Waals surface area contributed by atoms with Crippen LogP contribution < -0.4 is 0 Å². The molecule has 4 heteroatoms. The maximum Gasteiger partial charge on any atom is 0.114 e. The summed E-state index contributed by atoms with van der Waals surface area (Å²) in [6, 6.07) is 6.46. The third-order valence-corrected chi connectivity index (χ3v) is 1.90. The summed E-state index contributed by atoms with van der Waals surface area (Å²) < 4.78 is 7.97. The summed E-state index contributed by atoms with van der Waals surface area (Å²) in [5, 5.41) is 0.584. The van der Waals surface area contributed by atoms with Crippen molar-refractivity contribution in [2.45, 2.75) is 0 Å². The summed E-state index contributed by atoms with van der Waals surface area (Å²) in [4.78, 5) is 0. The first-order chi connectivity index (χ1) is 4.86. The number of rotatable bonds is 0. The van der Waals surface area contributed by atoms with E-state index >= 15 is 0 Å². The van der Waals surface area contributed by atoms with Crippen molar-refractivity contribution in [1.82, 2.24) is 8.75 Å². The van der Waals surface area contributed by atoms with E-state index in [0.717, 1.165) is 11.0 Å². The highest BCUT2D eigenvalue weighted by molar-refractivity contribution is 7.00. The highest BCUT2D eigenvalue weighted by Crippen LogP contribution is 2.15. The van der Waals surface area contributed by atoms with Crippen molar-refractivity contribution in [3.05, 3.63) is 23.2 Å². The summed E-state index contributed by atoms with van der Waals surface area (Å²) in [6.45, 7) is 0. The lowest BCUT2D eigenvalue weighted by Gasteiger charge is -1.84. The van der Waals surface area contributed by atoms with Crippen LogP contribution in [0.1, 0.15) is 0 Å². The first-order valence-corrected chi connectivity index (χ1v) is 3.77. The predicted octanol–water partition coefficient (Wildman–Crippen LogP) is 2.14. The molecule has 10 heavy (non-hydrogen) atoms. The van der Waals surface area contributed by atoms with Crippen LogP contribution in [0.25, 0.3) is 11.0 Å². The standard InChI is InChI=1S/C6H2ClN2S/c7-4-1-2-5-6(3-4)9-10-8-5/h1-2H. The summed E-state index contributed by atoms with van der Waals surface area (Å²) in [5.74, 6) is 0. The van der Waals surface area contributed by atoms with Gasteiger partial charge >= 0.3 is 0 Å². The lowest BCUT2D eigenvalue weighted by Crippen LogP contribution is -1.68. The first kappa shape index (κ1) is 6.07. The second-order valence-corrected chi connectivity index (χ2v) is 2.74. The van der Waals surface area contributed by atoms with E-state index in [2.05, 4.69) is 14.8 Å². The Morgan fingerprint density at radius 1 is 1.40 bits per heavy atom. The van der Waals surface area contributed by atoms with Crippen LogP contribution in [0.5, 0.6) is 0 Å². The summed E-state index contributed by atoms with van der Waals surface area (Å²) in [5.41, 5.74) is 1.60. The number of fused-ring (bicyclic) bond motifs is 1. The normalized spacial score (nSPS) is 10.5. The van der Waals surface area contributed by atoms with E-state index in [1.54, 1.807) is 6.07 Å². The van der Waals surface area contributed by atoms with Gasteiger partial charge in [0, 0.05) is 6.07 Å². The molecule has 0 fully saturated rings. The fourth-order valence-electron chi connectivity index (χ4n) is 0.698. The van der Waals surface area contributed by atoms with Crippen molar-refractivity contribution in [3.63, 3.8) is 0 Å². The molecule has 0 saturated heterocycles. The molecule has 0 amide bonds. The van der Waals surface area contributed by atoms with E-state index in [0.29, 0.717) is 5.02 Å². The van der Waals surface area contributed by atoms with Gasteiger partial charge in [-0.05, 0) is 12.1 Å². The number of halogens is 1. The summed E-state index contributed by atoms with van der Waals surface area (Å²) >= 11 is 6.83. The third kappa shape index (κ3) is 0.874. The molecule has 0 aliphatic rings. The molecule has 2 nitrogen and oxygen atoms in total. The van der Waals surface area contributed by atoms with Crippen LogP contribution in [0, 0.1) is 6.07 Å². The third-order valence-electron chi connectivity index (χ3n) is 1.14. The molecule has 1 aromatic heterocycles. The van der Waals surface area contributed by atoms with E-state index in [1.165, 1.54) is 11.7 Å². The Kier molecular flexibility index (Phi) is 1.32. The first-order valence-electron chi connectivity index (χ1n) is 2.66. The largest absolute Gasteiger partial charge is 0.173 e. The average molecular weight is 170 g/mol. The summed E-state index contributed by atoms with van der Waals surface area (Å²) in [7, 11) is 0. The zero-order valence-corrected chi connectivity index (χ0v) is 6.41. The van der Waals surface area contributed by atoms with E-state index in [9.17, 15) is 0 Å².